The summed E-state index contributed by atoms with van der Waals surface area (Å²) >= 11 is 1.71. The second kappa shape index (κ2) is 6.06. The smallest absolute Gasteiger partial charge is 0.187 e. The highest BCUT2D eigenvalue weighted by Crippen LogP contribution is 2.32. The normalized spacial score (nSPS) is 10.6. The van der Waals surface area contributed by atoms with Gasteiger partial charge in [-0.25, -0.2) is 4.98 Å². The summed E-state index contributed by atoms with van der Waals surface area (Å²) in [6.45, 7) is 4.25. The topological polar surface area (TPSA) is 37.8 Å². The predicted octanol–water partition coefficient (Wildman–Crippen LogP) is 4.82. The van der Waals surface area contributed by atoms with Crippen LogP contribution in [-0.4, -0.2) is 9.97 Å². The van der Waals surface area contributed by atoms with Crippen molar-refractivity contribution in [1.29, 1.82) is 0 Å². The molecule has 0 saturated carbocycles. The number of thiazole rings is 1. The number of nitrogens with one attached hydrogen (secondary N) is 1. The monoisotopic (exact) mass is 295 g/mol. The first-order chi connectivity index (χ1) is 10.3. The third-order valence-corrected chi connectivity index (χ3v) is 4.36. The lowest BCUT2D eigenvalue weighted by Crippen LogP contribution is -1.90. The van der Waals surface area contributed by atoms with Crippen molar-refractivity contribution in [2.75, 3.05) is 5.32 Å². The fraction of sp³-hybridized carbons (Fsp3) is 0.176. The number of rotatable bonds is 4. The van der Waals surface area contributed by atoms with Crippen LogP contribution in [-0.2, 0) is 6.42 Å². The molecule has 0 atom stereocenters. The fourth-order valence-corrected chi connectivity index (χ4v) is 3.17. The zero-order valence-electron chi connectivity index (χ0n) is 12.1. The first-order valence-electron chi connectivity index (χ1n) is 7.00. The summed E-state index contributed by atoms with van der Waals surface area (Å²) < 4.78 is 0. The van der Waals surface area contributed by atoms with E-state index in [9.17, 15) is 0 Å². The van der Waals surface area contributed by atoms with Gasteiger partial charge in [-0.1, -0.05) is 19.1 Å². The van der Waals surface area contributed by atoms with Crippen LogP contribution in [0, 0.1) is 6.92 Å². The lowest BCUT2D eigenvalue weighted by atomic mass is 10.1. The molecule has 0 aliphatic heterocycles. The largest absolute Gasteiger partial charge is 0.332 e. The molecule has 3 rings (SSSR count). The average Bonchev–Trinajstić information content (AvgIpc) is 2.91. The molecule has 0 spiro atoms. The van der Waals surface area contributed by atoms with E-state index in [1.54, 1.807) is 11.3 Å². The molecule has 4 heteroatoms. The number of nitrogens with zero attached hydrogens (tertiary/aromatic N) is 2. The van der Waals surface area contributed by atoms with E-state index in [0.717, 1.165) is 28.5 Å². The van der Waals surface area contributed by atoms with Crippen LogP contribution in [0.1, 0.15) is 17.4 Å². The maximum atomic E-state index is 4.76. The van der Waals surface area contributed by atoms with Crippen molar-refractivity contribution in [3.05, 3.63) is 59.2 Å². The average molecular weight is 295 g/mol. The van der Waals surface area contributed by atoms with Crippen LogP contribution in [0.2, 0.25) is 0 Å². The minimum atomic E-state index is 0.935. The second-order valence-corrected chi connectivity index (χ2v) is 5.96. The summed E-state index contributed by atoms with van der Waals surface area (Å²) in [4.78, 5) is 10.1. The highest BCUT2D eigenvalue weighted by Gasteiger charge is 2.11. The van der Waals surface area contributed by atoms with Gasteiger partial charge >= 0.3 is 0 Å². The number of anilines is 2. The van der Waals surface area contributed by atoms with Crippen LogP contribution in [0.4, 0.5) is 10.8 Å². The molecule has 3 aromatic rings. The molecular formula is C17H17N3S. The SMILES string of the molecule is CCc1sc(Nc2cccc(C)c2)nc1-c1ccncc1. The molecule has 0 unspecified atom stereocenters. The molecule has 106 valence electrons. The number of hydrogen-bond acceptors (Lipinski definition) is 4. The van der Waals surface area contributed by atoms with E-state index in [4.69, 9.17) is 4.98 Å². The van der Waals surface area contributed by atoms with Crippen molar-refractivity contribution in [1.82, 2.24) is 9.97 Å². The van der Waals surface area contributed by atoms with E-state index >= 15 is 0 Å². The molecule has 0 aliphatic carbocycles. The molecule has 0 saturated heterocycles. The summed E-state index contributed by atoms with van der Waals surface area (Å²) in [6, 6.07) is 12.3. The van der Waals surface area contributed by atoms with Gasteiger partial charge < -0.3 is 5.32 Å². The molecule has 1 aromatic carbocycles. The van der Waals surface area contributed by atoms with Crippen LogP contribution in [0.15, 0.2) is 48.8 Å². The van der Waals surface area contributed by atoms with Crippen molar-refractivity contribution >= 4 is 22.2 Å². The number of hydrogen-bond donors (Lipinski definition) is 1. The number of aryl methyl sites for hydroxylation is 2. The van der Waals surface area contributed by atoms with Crippen molar-refractivity contribution in [3.8, 4) is 11.3 Å². The quantitative estimate of drug-likeness (QED) is 0.750. The summed E-state index contributed by atoms with van der Waals surface area (Å²) in [5.41, 5.74) is 4.49. The van der Waals surface area contributed by atoms with E-state index < -0.39 is 0 Å². The standard InChI is InChI=1S/C17H17N3S/c1-3-15-16(13-7-9-18-10-8-13)20-17(21-15)19-14-6-4-5-12(2)11-14/h4-11H,3H2,1-2H3,(H,19,20). The highest BCUT2D eigenvalue weighted by atomic mass is 32.1. The molecule has 1 N–H and O–H groups in total. The van der Waals surface area contributed by atoms with Crippen LogP contribution in [0.5, 0.6) is 0 Å². The highest BCUT2D eigenvalue weighted by molar-refractivity contribution is 7.16. The molecule has 0 bridgehead atoms. The molecule has 21 heavy (non-hydrogen) atoms. The Morgan fingerprint density at radius 1 is 1.14 bits per heavy atom. The number of pyridine rings is 1. The minimum Gasteiger partial charge on any atom is -0.332 e. The van der Waals surface area contributed by atoms with Gasteiger partial charge in [-0.2, -0.15) is 0 Å². The van der Waals surface area contributed by atoms with Gasteiger partial charge in [0.15, 0.2) is 5.13 Å². The summed E-state index contributed by atoms with van der Waals surface area (Å²) in [5.74, 6) is 0. The van der Waals surface area contributed by atoms with Crippen LogP contribution < -0.4 is 5.32 Å². The van der Waals surface area contributed by atoms with Gasteiger partial charge in [0.1, 0.15) is 0 Å². The zero-order valence-corrected chi connectivity index (χ0v) is 12.9. The van der Waals surface area contributed by atoms with E-state index in [-0.39, 0.29) is 0 Å². The van der Waals surface area contributed by atoms with E-state index in [1.165, 1.54) is 10.4 Å². The Labute approximate surface area is 128 Å². The van der Waals surface area contributed by atoms with Gasteiger partial charge in [-0.05, 0) is 43.2 Å². The molecule has 2 aromatic heterocycles. The maximum Gasteiger partial charge on any atom is 0.187 e. The maximum absolute atomic E-state index is 4.76. The third-order valence-electron chi connectivity index (χ3n) is 3.24. The van der Waals surface area contributed by atoms with Crippen LogP contribution in [0.25, 0.3) is 11.3 Å². The molecule has 3 nitrogen and oxygen atoms in total. The van der Waals surface area contributed by atoms with Crippen molar-refractivity contribution < 1.29 is 0 Å². The molecule has 0 radical (unpaired) electrons. The Hall–Kier alpha value is -2.20. The minimum absolute atomic E-state index is 0.935. The Morgan fingerprint density at radius 2 is 1.95 bits per heavy atom. The fourth-order valence-electron chi connectivity index (χ4n) is 2.23. The van der Waals surface area contributed by atoms with Gasteiger partial charge in [0, 0.05) is 28.5 Å². The van der Waals surface area contributed by atoms with Crippen LogP contribution >= 0.6 is 11.3 Å². The van der Waals surface area contributed by atoms with Gasteiger partial charge in [0.25, 0.3) is 0 Å². The number of aromatic nitrogens is 2. The Balaban J connectivity index is 1.93. The summed E-state index contributed by atoms with van der Waals surface area (Å²) in [5, 5.41) is 4.34. The molecule has 2 heterocycles. The lowest BCUT2D eigenvalue weighted by molar-refractivity contribution is 1.17. The van der Waals surface area contributed by atoms with Crippen LogP contribution in [0.3, 0.4) is 0 Å². The predicted molar refractivity (Wildman–Crippen MR) is 89.2 cm³/mol. The number of benzene rings is 1. The lowest BCUT2D eigenvalue weighted by Gasteiger charge is -2.02. The Kier molecular flexibility index (Phi) is 3.97. The van der Waals surface area contributed by atoms with E-state index in [2.05, 4.69) is 48.4 Å². The van der Waals surface area contributed by atoms with Gasteiger partial charge in [-0.3, -0.25) is 4.98 Å². The summed E-state index contributed by atoms with van der Waals surface area (Å²) in [7, 11) is 0. The van der Waals surface area contributed by atoms with Gasteiger partial charge in [-0.15, -0.1) is 11.3 Å². The van der Waals surface area contributed by atoms with Crippen molar-refractivity contribution in [2.24, 2.45) is 0 Å². The van der Waals surface area contributed by atoms with Crippen molar-refractivity contribution in [3.63, 3.8) is 0 Å². The molecule has 0 amide bonds. The first-order valence-corrected chi connectivity index (χ1v) is 7.81. The third kappa shape index (κ3) is 3.11. The Morgan fingerprint density at radius 3 is 2.67 bits per heavy atom. The van der Waals surface area contributed by atoms with Gasteiger partial charge in [0.05, 0.1) is 5.69 Å². The summed E-state index contributed by atoms with van der Waals surface area (Å²) in [6.07, 6.45) is 4.59. The van der Waals surface area contributed by atoms with Crippen molar-refractivity contribution in [2.45, 2.75) is 20.3 Å². The molecular weight excluding hydrogens is 278 g/mol. The van der Waals surface area contributed by atoms with E-state index in [0.29, 0.717) is 0 Å². The molecule has 0 fully saturated rings. The second-order valence-electron chi connectivity index (χ2n) is 4.87. The first kappa shape index (κ1) is 13.8. The Bertz CT molecular complexity index is 735. The molecule has 0 aliphatic rings. The van der Waals surface area contributed by atoms with Gasteiger partial charge in [0.2, 0.25) is 0 Å². The van der Waals surface area contributed by atoms with E-state index in [1.807, 2.05) is 24.5 Å². The zero-order chi connectivity index (χ0) is 14.7.